The topological polar surface area (TPSA) is 42.0 Å². The highest BCUT2D eigenvalue weighted by molar-refractivity contribution is 7.09. The summed E-state index contributed by atoms with van der Waals surface area (Å²) in [5.74, 6) is -0.0724. The molecule has 17 heavy (non-hydrogen) atoms. The van der Waals surface area contributed by atoms with E-state index in [2.05, 4.69) is 16.9 Å². The molecule has 0 fully saturated rings. The van der Waals surface area contributed by atoms with Crippen molar-refractivity contribution in [1.29, 1.82) is 0 Å². The van der Waals surface area contributed by atoms with Crippen LogP contribution in [0, 0.1) is 6.92 Å². The van der Waals surface area contributed by atoms with Gasteiger partial charge in [-0.15, -0.1) is 11.3 Å². The maximum Gasteiger partial charge on any atom is 0.220 e. The van der Waals surface area contributed by atoms with E-state index in [1.165, 1.54) is 6.92 Å². The monoisotopic (exact) mass is 248 g/mol. The first-order valence-corrected chi connectivity index (χ1v) is 6.12. The Bertz CT molecular complexity index is 483. The predicted octanol–water partition coefficient (Wildman–Crippen LogP) is 3.06. The molecular formula is C13H16N2OS. The van der Waals surface area contributed by atoms with Crippen molar-refractivity contribution < 1.29 is 4.79 Å². The van der Waals surface area contributed by atoms with Crippen molar-refractivity contribution in [1.82, 2.24) is 10.3 Å². The summed E-state index contributed by atoms with van der Waals surface area (Å²) in [7, 11) is 0. The Balaban J connectivity index is 2.88. The number of allylic oxidation sites excluding steroid dienone is 5. The summed E-state index contributed by atoms with van der Waals surface area (Å²) in [5, 5.41) is 5.72. The van der Waals surface area contributed by atoms with Crippen LogP contribution < -0.4 is 5.32 Å². The Hall–Kier alpha value is -1.68. The summed E-state index contributed by atoms with van der Waals surface area (Å²) in [4.78, 5) is 15.2. The summed E-state index contributed by atoms with van der Waals surface area (Å²) in [6.45, 7) is 9.05. The molecule has 0 aliphatic heterocycles. The molecule has 0 aromatic carbocycles. The molecule has 1 heterocycles. The minimum Gasteiger partial charge on any atom is -0.330 e. The van der Waals surface area contributed by atoms with E-state index in [4.69, 9.17) is 0 Å². The van der Waals surface area contributed by atoms with Crippen molar-refractivity contribution in [2.45, 2.75) is 20.8 Å². The van der Waals surface area contributed by atoms with Gasteiger partial charge in [-0.05, 0) is 19.9 Å². The van der Waals surface area contributed by atoms with Crippen LogP contribution in [0.2, 0.25) is 0 Å². The van der Waals surface area contributed by atoms with Gasteiger partial charge in [0, 0.05) is 23.6 Å². The van der Waals surface area contributed by atoms with Gasteiger partial charge in [0.25, 0.3) is 0 Å². The highest BCUT2D eigenvalue weighted by Crippen LogP contribution is 2.18. The lowest BCUT2D eigenvalue weighted by Gasteiger charge is -2.00. The lowest BCUT2D eigenvalue weighted by molar-refractivity contribution is -0.118. The minimum absolute atomic E-state index is 0.0724. The molecule has 90 valence electrons. The average Bonchev–Trinajstić information content (AvgIpc) is 2.65. The van der Waals surface area contributed by atoms with E-state index in [-0.39, 0.29) is 5.91 Å². The maximum absolute atomic E-state index is 10.8. The van der Waals surface area contributed by atoms with Gasteiger partial charge in [-0.1, -0.05) is 18.7 Å². The fraction of sp³-hybridized carbons (Fsp3) is 0.231. The molecule has 0 radical (unpaired) electrons. The van der Waals surface area contributed by atoms with Crippen LogP contribution in [0.5, 0.6) is 0 Å². The first-order valence-electron chi connectivity index (χ1n) is 5.24. The molecule has 0 spiro atoms. The molecule has 1 rings (SSSR count). The molecule has 1 aromatic rings. The molecule has 0 saturated heterocycles. The molecular weight excluding hydrogens is 232 g/mol. The molecule has 0 bridgehead atoms. The second kappa shape index (κ2) is 6.15. The Kier molecular flexibility index (Phi) is 4.84. The Morgan fingerprint density at radius 2 is 2.18 bits per heavy atom. The van der Waals surface area contributed by atoms with Crippen molar-refractivity contribution in [3.05, 3.63) is 46.6 Å². The zero-order valence-corrected chi connectivity index (χ0v) is 11.1. The quantitative estimate of drug-likeness (QED) is 0.832. The van der Waals surface area contributed by atoms with Crippen molar-refractivity contribution >= 4 is 22.8 Å². The number of aromatic nitrogens is 1. The van der Waals surface area contributed by atoms with Crippen molar-refractivity contribution in [3.8, 4) is 0 Å². The van der Waals surface area contributed by atoms with Crippen molar-refractivity contribution in [2.24, 2.45) is 0 Å². The molecule has 0 unspecified atom stereocenters. The molecule has 4 heteroatoms. The summed E-state index contributed by atoms with van der Waals surface area (Å²) >= 11 is 1.60. The molecule has 1 aromatic heterocycles. The number of carbonyl (C=O) groups excluding carboxylic acids is 1. The van der Waals surface area contributed by atoms with Gasteiger partial charge in [-0.3, -0.25) is 4.79 Å². The number of carbonyl (C=O) groups is 1. The smallest absolute Gasteiger partial charge is 0.220 e. The fourth-order valence-electron chi connectivity index (χ4n) is 1.29. The van der Waals surface area contributed by atoms with Crippen LogP contribution in [0.4, 0.5) is 0 Å². The molecule has 1 N–H and O–H groups in total. The lowest BCUT2D eigenvalue weighted by atomic mass is 10.2. The largest absolute Gasteiger partial charge is 0.330 e. The third-order valence-corrected chi connectivity index (χ3v) is 2.79. The summed E-state index contributed by atoms with van der Waals surface area (Å²) in [6, 6.07) is 0. The summed E-state index contributed by atoms with van der Waals surface area (Å²) in [6.07, 6.45) is 5.49. The highest BCUT2D eigenvalue weighted by atomic mass is 32.1. The van der Waals surface area contributed by atoms with Gasteiger partial charge < -0.3 is 5.32 Å². The van der Waals surface area contributed by atoms with E-state index in [1.807, 2.05) is 31.4 Å². The molecule has 3 nitrogen and oxygen atoms in total. The second-order valence-corrected chi connectivity index (χ2v) is 4.67. The van der Waals surface area contributed by atoms with Crippen LogP contribution in [-0.4, -0.2) is 10.9 Å². The van der Waals surface area contributed by atoms with Crippen molar-refractivity contribution in [2.75, 3.05) is 0 Å². The number of hydrogen-bond donors (Lipinski definition) is 1. The average molecular weight is 248 g/mol. The minimum atomic E-state index is -0.0724. The highest BCUT2D eigenvalue weighted by Gasteiger charge is 2.01. The van der Waals surface area contributed by atoms with Gasteiger partial charge in [0.1, 0.15) is 0 Å². The van der Waals surface area contributed by atoms with E-state index >= 15 is 0 Å². The number of nitrogens with zero attached hydrogens (tertiary/aromatic N) is 1. The van der Waals surface area contributed by atoms with Crippen LogP contribution in [0.15, 0.2) is 35.9 Å². The molecule has 0 aliphatic rings. The normalized spacial score (nSPS) is 12.4. The molecule has 0 aliphatic carbocycles. The standard InChI is InChI=1S/C13H16N2OS/c1-5-12(13-8-17-11(4)15-13)7-6-9(2)14-10(3)16/h5-8H,1H2,2-4H3,(H,14,16)/b9-6+,12-7+. The third-order valence-electron chi connectivity index (χ3n) is 2.02. The maximum atomic E-state index is 10.8. The number of thiazole rings is 1. The van der Waals surface area contributed by atoms with E-state index in [9.17, 15) is 4.79 Å². The SMILES string of the molecule is C=C/C(=C\C=C(/C)NC(C)=O)c1csc(C)n1. The van der Waals surface area contributed by atoms with Crippen molar-refractivity contribution in [3.63, 3.8) is 0 Å². The van der Waals surface area contributed by atoms with Crippen LogP contribution in [0.1, 0.15) is 24.5 Å². The summed E-state index contributed by atoms with van der Waals surface area (Å²) in [5.41, 5.74) is 2.65. The van der Waals surface area contributed by atoms with Gasteiger partial charge in [-0.2, -0.15) is 0 Å². The number of aryl methyl sites for hydroxylation is 1. The van der Waals surface area contributed by atoms with Crippen LogP contribution in [0.25, 0.3) is 5.57 Å². The number of nitrogens with one attached hydrogen (secondary N) is 1. The Labute approximate surface area is 106 Å². The predicted molar refractivity (Wildman–Crippen MR) is 72.6 cm³/mol. The molecule has 0 atom stereocenters. The van der Waals surface area contributed by atoms with E-state index in [1.54, 1.807) is 17.4 Å². The Morgan fingerprint density at radius 1 is 1.47 bits per heavy atom. The number of hydrogen-bond acceptors (Lipinski definition) is 3. The zero-order chi connectivity index (χ0) is 12.8. The first-order chi connectivity index (χ1) is 8.02. The number of rotatable bonds is 4. The zero-order valence-electron chi connectivity index (χ0n) is 10.3. The van der Waals surface area contributed by atoms with Gasteiger partial charge in [0.05, 0.1) is 10.7 Å². The van der Waals surface area contributed by atoms with Crippen LogP contribution in [-0.2, 0) is 4.79 Å². The van der Waals surface area contributed by atoms with Crippen LogP contribution in [0.3, 0.4) is 0 Å². The fourth-order valence-corrected chi connectivity index (χ4v) is 1.91. The van der Waals surface area contributed by atoms with E-state index in [0.29, 0.717) is 0 Å². The molecule has 0 saturated carbocycles. The Morgan fingerprint density at radius 3 is 2.65 bits per heavy atom. The second-order valence-electron chi connectivity index (χ2n) is 3.61. The van der Waals surface area contributed by atoms with Gasteiger partial charge >= 0.3 is 0 Å². The van der Waals surface area contributed by atoms with Gasteiger partial charge in [0.2, 0.25) is 5.91 Å². The lowest BCUT2D eigenvalue weighted by Crippen LogP contribution is -2.16. The summed E-state index contributed by atoms with van der Waals surface area (Å²) < 4.78 is 0. The first kappa shape index (κ1) is 13.4. The van der Waals surface area contributed by atoms with Crippen LogP contribution >= 0.6 is 11.3 Å². The molecule has 1 amide bonds. The van der Waals surface area contributed by atoms with Gasteiger partial charge in [-0.25, -0.2) is 4.98 Å². The van der Waals surface area contributed by atoms with E-state index < -0.39 is 0 Å². The number of amides is 1. The third kappa shape index (κ3) is 4.36. The van der Waals surface area contributed by atoms with Gasteiger partial charge in [0.15, 0.2) is 0 Å². The van der Waals surface area contributed by atoms with E-state index in [0.717, 1.165) is 22.0 Å².